The third kappa shape index (κ3) is 4.71. The van der Waals surface area contributed by atoms with Crippen LogP contribution in [0.2, 0.25) is 0 Å². The summed E-state index contributed by atoms with van der Waals surface area (Å²) in [5.41, 5.74) is 5.23. The summed E-state index contributed by atoms with van der Waals surface area (Å²) in [6.45, 7) is 0.761. The average molecular weight is 235 g/mol. The Morgan fingerprint density at radius 3 is 2.25 bits per heavy atom. The maximum absolute atomic E-state index is 11.1. The van der Waals surface area contributed by atoms with Crippen LogP contribution in [0.1, 0.15) is 19.8 Å². The summed E-state index contributed by atoms with van der Waals surface area (Å²) in [7, 11) is 0. The average Bonchev–Trinajstić information content (AvgIpc) is 2.12. The molecule has 0 heterocycles. The number of rotatable bonds is 6. The zero-order valence-electron chi connectivity index (χ0n) is 8.54. The van der Waals surface area contributed by atoms with E-state index in [1.54, 1.807) is 0 Å². The van der Waals surface area contributed by atoms with Gasteiger partial charge in [-0.05, 0) is 6.42 Å². The summed E-state index contributed by atoms with van der Waals surface area (Å²) in [6.07, 6.45) is -0.560. The molecule has 0 saturated heterocycles. The molecule has 0 aliphatic rings. The van der Waals surface area contributed by atoms with E-state index in [0.717, 1.165) is 6.92 Å². The van der Waals surface area contributed by atoms with Crippen LogP contribution in [0, 0.1) is 0 Å². The second-order valence-electron chi connectivity index (χ2n) is 3.25. The normalized spacial score (nSPS) is 15.9. The van der Waals surface area contributed by atoms with Crippen LogP contribution in [-0.2, 0) is 19.1 Å². The summed E-state index contributed by atoms with van der Waals surface area (Å²) in [5.74, 6) is -6.73. The van der Waals surface area contributed by atoms with Gasteiger partial charge in [0.05, 0.1) is 0 Å². The standard InChI is InChI=1S/C8H13NO7/c1-8(15,7(13)14)16-6(12)4(9)2-3-5(10)11/h4,15H,2-3,9H2,1H3,(H,10,11)(H,13,14). The van der Waals surface area contributed by atoms with E-state index in [1.807, 2.05) is 0 Å². The molecule has 0 aromatic rings. The lowest BCUT2D eigenvalue weighted by Gasteiger charge is -2.20. The second-order valence-corrected chi connectivity index (χ2v) is 3.25. The van der Waals surface area contributed by atoms with Crippen molar-refractivity contribution in [3.8, 4) is 0 Å². The largest absolute Gasteiger partial charge is 0.481 e. The first kappa shape index (κ1) is 14.3. The SMILES string of the molecule is CC(O)(OC(=O)C(N)CCC(=O)O)C(=O)O. The van der Waals surface area contributed by atoms with E-state index in [0.29, 0.717) is 0 Å². The molecular formula is C8H13NO7. The fraction of sp³-hybridized carbons (Fsp3) is 0.625. The molecule has 0 amide bonds. The van der Waals surface area contributed by atoms with Crippen molar-refractivity contribution in [3.63, 3.8) is 0 Å². The minimum Gasteiger partial charge on any atom is -0.481 e. The monoisotopic (exact) mass is 235 g/mol. The first-order valence-electron chi connectivity index (χ1n) is 4.33. The van der Waals surface area contributed by atoms with Gasteiger partial charge in [-0.15, -0.1) is 0 Å². The lowest BCUT2D eigenvalue weighted by Crippen LogP contribution is -2.45. The first-order chi connectivity index (χ1) is 7.16. The van der Waals surface area contributed by atoms with Crippen LogP contribution < -0.4 is 5.73 Å². The van der Waals surface area contributed by atoms with Crippen molar-refractivity contribution in [1.29, 1.82) is 0 Å². The predicted molar refractivity (Wildman–Crippen MR) is 49.2 cm³/mol. The van der Waals surface area contributed by atoms with Crippen molar-refractivity contribution >= 4 is 17.9 Å². The molecule has 16 heavy (non-hydrogen) atoms. The van der Waals surface area contributed by atoms with E-state index in [9.17, 15) is 14.4 Å². The maximum Gasteiger partial charge on any atom is 0.376 e. The van der Waals surface area contributed by atoms with Crippen molar-refractivity contribution in [2.45, 2.75) is 31.6 Å². The number of nitrogens with two attached hydrogens (primary N) is 1. The van der Waals surface area contributed by atoms with Gasteiger partial charge in [0.1, 0.15) is 6.04 Å². The van der Waals surface area contributed by atoms with Gasteiger partial charge in [-0.1, -0.05) is 0 Å². The Bertz CT molecular complexity index is 299. The minimum absolute atomic E-state index is 0.204. The quantitative estimate of drug-likeness (QED) is 0.321. The van der Waals surface area contributed by atoms with Crippen LogP contribution in [-0.4, -0.2) is 45.1 Å². The molecule has 2 atom stereocenters. The molecule has 0 rings (SSSR count). The van der Waals surface area contributed by atoms with E-state index in [-0.39, 0.29) is 12.8 Å². The Labute approximate surface area is 90.6 Å². The highest BCUT2D eigenvalue weighted by Gasteiger charge is 2.36. The molecule has 0 fully saturated rings. The Kier molecular flexibility index (Phi) is 4.86. The summed E-state index contributed by atoms with van der Waals surface area (Å²) < 4.78 is 4.19. The van der Waals surface area contributed by atoms with E-state index in [2.05, 4.69) is 4.74 Å². The molecule has 8 heteroatoms. The number of carboxylic acid groups (broad SMARTS) is 2. The molecule has 0 saturated carbocycles. The Morgan fingerprint density at radius 2 is 1.88 bits per heavy atom. The molecule has 92 valence electrons. The van der Waals surface area contributed by atoms with Gasteiger partial charge >= 0.3 is 23.7 Å². The molecule has 0 aliphatic carbocycles. The molecule has 0 spiro atoms. The van der Waals surface area contributed by atoms with Crippen LogP contribution in [0.5, 0.6) is 0 Å². The molecule has 0 aromatic heterocycles. The highest BCUT2D eigenvalue weighted by Crippen LogP contribution is 2.08. The van der Waals surface area contributed by atoms with E-state index in [1.165, 1.54) is 0 Å². The van der Waals surface area contributed by atoms with E-state index >= 15 is 0 Å². The van der Waals surface area contributed by atoms with Crippen molar-refractivity contribution in [3.05, 3.63) is 0 Å². The number of carbonyl (C=O) groups excluding carboxylic acids is 1. The Morgan fingerprint density at radius 1 is 1.38 bits per heavy atom. The minimum atomic E-state index is -2.67. The number of ether oxygens (including phenoxy) is 1. The van der Waals surface area contributed by atoms with Crippen LogP contribution >= 0.6 is 0 Å². The maximum atomic E-state index is 11.1. The zero-order valence-corrected chi connectivity index (χ0v) is 8.54. The van der Waals surface area contributed by atoms with Gasteiger partial charge in [0.15, 0.2) is 0 Å². The Hall–Kier alpha value is -1.67. The number of hydrogen-bond donors (Lipinski definition) is 4. The van der Waals surface area contributed by atoms with Crippen LogP contribution in [0.25, 0.3) is 0 Å². The van der Waals surface area contributed by atoms with Crippen molar-refractivity contribution in [1.82, 2.24) is 0 Å². The number of hydrogen-bond acceptors (Lipinski definition) is 6. The van der Waals surface area contributed by atoms with Crippen LogP contribution in [0.4, 0.5) is 0 Å². The molecule has 0 aliphatic heterocycles. The summed E-state index contributed by atoms with van der Waals surface area (Å²) in [5, 5.41) is 25.8. The molecule has 0 radical (unpaired) electrons. The summed E-state index contributed by atoms with van der Waals surface area (Å²) >= 11 is 0. The first-order valence-corrected chi connectivity index (χ1v) is 4.33. The highest BCUT2D eigenvalue weighted by atomic mass is 16.7. The lowest BCUT2D eigenvalue weighted by atomic mass is 10.1. The lowest BCUT2D eigenvalue weighted by molar-refractivity contribution is -0.218. The third-order valence-corrected chi connectivity index (χ3v) is 1.67. The summed E-state index contributed by atoms with van der Waals surface area (Å²) in [6, 6.07) is -1.29. The fourth-order valence-corrected chi connectivity index (χ4v) is 0.712. The van der Waals surface area contributed by atoms with Crippen molar-refractivity contribution in [2.24, 2.45) is 5.73 Å². The highest BCUT2D eigenvalue weighted by molar-refractivity contribution is 5.82. The topological polar surface area (TPSA) is 147 Å². The zero-order chi connectivity index (χ0) is 12.9. The molecule has 5 N–H and O–H groups in total. The second kappa shape index (κ2) is 5.42. The van der Waals surface area contributed by atoms with Crippen LogP contribution in [0.15, 0.2) is 0 Å². The van der Waals surface area contributed by atoms with Gasteiger partial charge in [-0.25, -0.2) is 4.79 Å². The van der Waals surface area contributed by atoms with Crippen LogP contribution in [0.3, 0.4) is 0 Å². The third-order valence-electron chi connectivity index (χ3n) is 1.67. The molecule has 8 nitrogen and oxygen atoms in total. The number of aliphatic hydroxyl groups is 1. The van der Waals surface area contributed by atoms with Gasteiger partial charge in [-0.3, -0.25) is 9.59 Å². The van der Waals surface area contributed by atoms with Gasteiger partial charge < -0.3 is 25.8 Å². The molecule has 0 aromatic carbocycles. The number of esters is 1. The Balaban J connectivity index is 4.25. The van der Waals surface area contributed by atoms with Gasteiger partial charge in [0.25, 0.3) is 0 Å². The van der Waals surface area contributed by atoms with E-state index < -0.39 is 29.7 Å². The number of carboxylic acids is 2. The molecule has 2 unspecified atom stereocenters. The fourth-order valence-electron chi connectivity index (χ4n) is 0.712. The number of aliphatic carboxylic acids is 2. The van der Waals surface area contributed by atoms with Crippen molar-refractivity contribution < 1.29 is 34.4 Å². The predicted octanol–water partition coefficient (Wildman–Crippen LogP) is -1.49. The van der Waals surface area contributed by atoms with Gasteiger partial charge in [0, 0.05) is 13.3 Å². The van der Waals surface area contributed by atoms with Crippen molar-refractivity contribution in [2.75, 3.05) is 0 Å². The smallest absolute Gasteiger partial charge is 0.376 e. The molecule has 0 bridgehead atoms. The van der Waals surface area contributed by atoms with Gasteiger partial charge in [-0.2, -0.15) is 0 Å². The molecular weight excluding hydrogens is 222 g/mol. The summed E-state index contributed by atoms with van der Waals surface area (Å²) in [4.78, 5) is 31.7. The van der Waals surface area contributed by atoms with E-state index in [4.69, 9.17) is 21.1 Å². The number of carbonyl (C=O) groups is 3. The van der Waals surface area contributed by atoms with Gasteiger partial charge in [0.2, 0.25) is 0 Å².